The molecule has 1 heterocycles. The van der Waals surface area contributed by atoms with E-state index in [9.17, 15) is 4.79 Å². The summed E-state index contributed by atoms with van der Waals surface area (Å²) in [5.41, 5.74) is 1.07. The SMILES string of the molecule is CCCCC(=O)C(C)c1ccncc1. The number of carbonyl (C=O) groups is 1. The van der Waals surface area contributed by atoms with Crippen LogP contribution in [0.4, 0.5) is 0 Å². The van der Waals surface area contributed by atoms with E-state index in [1.807, 2.05) is 19.1 Å². The van der Waals surface area contributed by atoms with Crippen molar-refractivity contribution in [2.75, 3.05) is 0 Å². The van der Waals surface area contributed by atoms with E-state index in [1.165, 1.54) is 0 Å². The number of unbranched alkanes of at least 4 members (excludes halogenated alkanes) is 1. The Hall–Kier alpha value is -1.18. The Balaban J connectivity index is 2.57. The van der Waals surface area contributed by atoms with Crippen LogP contribution in [0.3, 0.4) is 0 Å². The number of pyridine rings is 1. The first-order valence-corrected chi connectivity index (χ1v) is 5.18. The van der Waals surface area contributed by atoms with Crippen LogP contribution in [0.15, 0.2) is 24.5 Å². The third kappa shape index (κ3) is 2.95. The molecule has 0 saturated carbocycles. The van der Waals surface area contributed by atoms with E-state index in [1.54, 1.807) is 12.4 Å². The van der Waals surface area contributed by atoms with Gasteiger partial charge >= 0.3 is 0 Å². The molecule has 0 fully saturated rings. The molecule has 0 aliphatic heterocycles. The standard InChI is InChI=1S/C12H17NO/c1-3-4-5-12(14)10(2)11-6-8-13-9-7-11/h6-10H,3-5H2,1-2H3. The topological polar surface area (TPSA) is 30.0 Å². The molecule has 76 valence electrons. The normalized spacial score (nSPS) is 12.4. The van der Waals surface area contributed by atoms with Crippen LogP contribution in [0.1, 0.15) is 44.6 Å². The molecule has 0 aromatic carbocycles. The number of aromatic nitrogens is 1. The molecule has 0 radical (unpaired) electrons. The second-order valence-electron chi connectivity index (χ2n) is 3.57. The number of nitrogens with zero attached hydrogens (tertiary/aromatic N) is 1. The molecule has 0 aliphatic carbocycles. The highest BCUT2D eigenvalue weighted by molar-refractivity contribution is 5.85. The fourth-order valence-corrected chi connectivity index (χ4v) is 1.41. The maximum atomic E-state index is 11.7. The van der Waals surface area contributed by atoms with Crippen molar-refractivity contribution < 1.29 is 4.79 Å². The van der Waals surface area contributed by atoms with E-state index in [0.717, 1.165) is 18.4 Å². The van der Waals surface area contributed by atoms with Crippen LogP contribution < -0.4 is 0 Å². The zero-order chi connectivity index (χ0) is 10.4. The quantitative estimate of drug-likeness (QED) is 0.716. The largest absolute Gasteiger partial charge is 0.299 e. The summed E-state index contributed by atoms with van der Waals surface area (Å²) in [6.45, 7) is 4.07. The Kier molecular flexibility index (Phi) is 4.30. The van der Waals surface area contributed by atoms with Crippen LogP contribution in [0.25, 0.3) is 0 Å². The average molecular weight is 191 g/mol. The first kappa shape index (κ1) is 10.9. The van der Waals surface area contributed by atoms with E-state index in [4.69, 9.17) is 0 Å². The molecule has 0 saturated heterocycles. The maximum Gasteiger partial charge on any atom is 0.140 e. The predicted molar refractivity (Wildman–Crippen MR) is 57.2 cm³/mol. The van der Waals surface area contributed by atoms with Gasteiger partial charge in [-0.3, -0.25) is 9.78 Å². The molecule has 1 aromatic rings. The number of Topliss-reactive ketones (excluding diaryl/α,β-unsaturated/α-hetero) is 1. The highest BCUT2D eigenvalue weighted by Crippen LogP contribution is 2.17. The summed E-state index contributed by atoms with van der Waals surface area (Å²) < 4.78 is 0. The Morgan fingerprint density at radius 1 is 1.43 bits per heavy atom. The minimum atomic E-state index is 0.0181. The van der Waals surface area contributed by atoms with E-state index >= 15 is 0 Å². The molecule has 0 aliphatic rings. The van der Waals surface area contributed by atoms with Gasteiger partial charge in [-0.05, 0) is 24.1 Å². The fourth-order valence-electron chi connectivity index (χ4n) is 1.41. The van der Waals surface area contributed by atoms with Gasteiger partial charge in [0, 0.05) is 24.7 Å². The summed E-state index contributed by atoms with van der Waals surface area (Å²) in [5.74, 6) is 0.350. The van der Waals surface area contributed by atoms with Gasteiger partial charge in [-0.15, -0.1) is 0 Å². The van der Waals surface area contributed by atoms with E-state index in [-0.39, 0.29) is 5.92 Å². The summed E-state index contributed by atoms with van der Waals surface area (Å²) in [6, 6.07) is 3.82. The molecular formula is C12H17NO. The minimum absolute atomic E-state index is 0.0181. The number of ketones is 1. The third-order valence-corrected chi connectivity index (χ3v) is 2.47. The number of carbonyl (C=O) groups excluding carboxylic acids is 1. The molecule has 1 aromatic heterocycles. The molecular weight excluding hydrogens is 174 g/mol. The molecule has 0 spiro atoms. The van der Waals surface area contributed by atoms with Gasteiger partial charge < -0.3 is 0 Å². The summed E-state index contributed by atoms with van der Waals surface area (Å²) >= 11 is 0. The molecule has 0 N–H and O–H groups in total. The lowest BCUT2D eigenvalue weighted by Gasteiger charge is -2.09. The zero-order valence-electron chi connectivity index (χ0n) is 8.86. The van der Waals surface area contributed by atoms with Crippen molar-refractivity contribution in [2.45, 2.75) is 39.0 Å². The summed E-state index contributed by atoms with van der Waals surface area (Å²) in [6.07, 6.45) is 6.24. The molecule has 2 nitrogen and oxygen atoms in total. The lowest BCUT2D eigenvalue weighted by Crippen LogP contribution is -2.08. The summed E-state index contributed by atoms with van der Waals surface area (Å²) in [5, 5.41) is 0. The van der Waals surface area contributed by atoms with Crippen molar-refractivity contribution in [3.05, 3.63) is 30.1 Å². The van der Waals surface area contributed by atoms with Crippen LogP contribution >= 0.6 is 0 Å². The van der Waals surface area contributed by atoms with E-state index < -0.39 is 0 Å². The van der Waals surface area contributed by atoms with Crippen molar-refractivity contribution in [1.82, 2.24) is 4.98 Å². The summed E-state index contributed by atoms with van der Waals surface area (Å²) in [4.78, 5) is 15.6. The van der Waals surface area contributed by atoms with Crippen molar-refractivity contribution in [1.29, 1.82) is 0 Å². The van der Waals surface area contributed by atoms with Crippen molar-refractivity contribution in [3.8, 4) is 0 Å². The monoisotopic (exact) mass is 191 g/mol. The second kappa shape index (κ2) is 5.53. The van der Waals surface area contributed by atoms with Gasteiger partial charge in [-0.2, -0.15) is 0 Å². The van der Waals surface area contributed by atoms with Gasteiger partial charge in [0.05, 0.1) is 0 Å². The van der Waals surface area contributed by atoms with Crippen LogP contribution in [0, 0.1) is 0 Å². The van der Waals surface area contributed by atoms with Crippen LogP contribution in [-0.2, 0) is 4.79 Å². The second-order valence-corrected chi connectivity index (χ2v) is 3.57. The van der Waals surface area contributed by atoms with Gasteiger partial charge in [-0.1, -0.05) is 20.3 Å². The molecule has 0 amide bonds. The van der Waals surface area contributed by atoms with E-state index in [2.05, 4.69) is 11.9 Å². The average Bonchev–Trinajstić information content (AvgIpc) is 2.26. The lowest BCUT2D eigenvalue weighted by atomic mass is 9.95. The van der Waals surface area contributed by atoms with Gasteiger partial charge in [0.2, 0.25) is 0 Å². The summed E-state index contributed by atoms with van der Waals surface area (Å²) in [7, 11) is 0. The number of rotatable bonds is 5. The van der Waals surface area contributed by atoms with Crippen molar-refractivity contribution in [2.24, 2.45) is 0 Å². The van der Waals surface area contributed by atoms with Crippen LogP contribution in [0.5, 0.6) is 0 Å². The number of hydrogen-bond acceptors (Lipinski definition) is 2. The lowest BCUT2D eigenvalue weighted by molar-refractivity contribution is -0.120. The van der Waals surface area contributed by atoms with Gasteiger partial charge in [0.25, 0.3) is 0 Å². The molecule has 0 bridgehead atoms. The Bertz CT molecular complexity index is 282. The van der Waals surface area contributed by atoms with Crippen LogP contribution in [-0.4, -0.2) is 10.8 Å². The smallest absolute Gasteiger partial charge is 0.140 e. The molecule has 1 unspecified atom stereocenters. The van der Waals surface area contributed by atoms with Gasteiger partial charge in [0.1, 0.15) is 5.78 Å². The fraction of sp³-hybridized carbons (Fsp3) is 0.500. The van der Waals surface area contributed by atoms with Gasteiger partial charge in [-0.25, -0.2) is 0 Å². The van der Waals surface area contributed by atoms with E-state index in [0.29, 0.717) is 12.2 Å². The first-order chi connectivity index (χ1) is 6.75. The van der Waals surface area contributed by atoms with Crippen LogP contribution in [0.2, 0.25) is 0 Å². The molecule has 14 heavy (non-hydrogen) atoms. The highest BCUT2D eigenvalue weighted by Gasteiger charge is 2.13. The third-order valence-electron chi connectivity index (χ3n) is 2.47. The predicted octanol–water partition coefficient (Wildman–Crippen LogP) is 2.94. The Labute approximate surface area is 85.4 Å². The molecule has 1 atom stereocenters. The minimum Gasteiger partial charge on any atom is -0.299 e. The zero-order valence-corrected chi connectivity index (χ0v) is 8.86. The Morgan fingerprint density at radius 3 is 2.64 bits per heavy atom. The Morgan fingerprint density at radius 2 is 2.07 bits per heavy atom. The molecule has 1 rings (SSSR count). The van der Waals surface area contributed by atoms with Crippen molar-refractivity contribution >= 4 is 5.78 Å². The number of hydrogen-bond donors (Lipinski definition) is 0. The highest BCUT2D eigenvalue weighted by atomic mass is 16.1. The van der Waals surface area contributed by atoms with Gasteiger partial charge in [0.15, 0.2) is 0 Å². The first-order valence-electron chi connectivity index (χ1n) is 5.18. The van der Waals surface area contributed by atoms with Crippen molar-refractivity contribution in [3.63, 3.8) is 0 Å². The molecule has 2 heteroatoms. The maximum absolute atomic E-state index is 11.7.